The fraction of sp³-hybridized carbons (Fsp3) is 0.571. The van der Waals surface area contributed by atoms with E-state index in [-0.39, 0.29) is 0 Å². The van der Waals surface area contributed by atoms with Gasteiger partial charge in [-0.1, -0.05) is 13.8 Å². The summed E-state index contributed by atoms with van der Waals surface area (Å²) >= 11 is 0. The summed E-state index contributed by atoms with van der Waals surface area (Å²) in [6.45, 7) is 4.54. The topological polar surface area (TPSA) is 77.2 Å². The number of methoxy groups -OCH3 is 1. The largest absolute Gasteiger partial charge is 0.465 e. The molecule has 0 aliphatic heterocycles. The van der Waals surface area contributed by atoms with Gasteiger partial charge in [-0.2, -0.15) is 0 Å². The number of nitrogens with one attached hydrogen (secondary N) is 1. The van der Waals surface area contributed by atoms with E-state index >= 15 is 0 Å². The van der Waals surface area contributed by atoms with Gasteiger partial charge in [0.15, 0.2) is 0 Å². The Labute approximate surface area is 113 Å². The number of hydrogen-bond donors (Lipinski definition) is 2. The third kappa shape index (κ3) is 3.16. The fourth-order valence-electron chi connectivity index (χ4n) is 2.60. The van der Waals surface area contributed by atoms with Crippen LogP contribution in [-0.4, -0.2) is 24.1 Å². The Morgan fingerprint density at radius 1 is 1.58 bits per heavy atom. The summed E-state index contributed by atoms with van der Waals surface area (Å²) in [6.07, 6.45) is 4.91. The van der Waals surface area contributed by atoms with Crippen LogP contribution in [0.2, 0.25) is 0 Å². The minimum absolute atomic E-state index is 0.337. The highest BCUT2D eigenvalue weighted by atomic mass is 16.5. The van der Waals surface area contributed by atoms with E-state index in [1.54, 1.807) is 6.07 Å². The van der Waals surface area contributed by atoms with Gasteiger partial charge in [-0.25, -0.2) is 9.78 Å². The molecule has 1 atom stereocenters. The average Bonchev–Trinajstić information content (AvgIpc) is 2.70. The highest BCUT2D eigenvalue weighted by Crippen LogP contribution is 2.38. The Morgan fingerprint density at radius 2 is 2.32 bits per heavy atom. The molecule has 5 nitrogen and oxygen atoms in total. The maximum Gasteiger partial charge on any atom is 0.340 e. The number of esters is 1. The van der Waals surface area contributed by atoms with Gasteiger partial charge in [-0.05, 0) is 30.7 Å². The molecular weight excluding hydrogens is 242 g/mol. The lowest BCUT2D eigenvalue weighted by Gasteiger charge is -2.18. The van der Waals surface area contributed by atoms with Crippen LogP contribution in [0.1, 0.15) is 43.5 Å². The molecule has 0 saturated heterocycles. The van der Waals surface area contributed by atoms with E-state index in [2.05, 4.69) is 24.1 Å². The molecule has 0 amide bonds. The van der Waals surface area contributed by atoms with Gasteiger partial charge < -0.3 is 15.8 Å². The molecule has 5 heteroatoms. The number of nitrogens with two attached hydrogens (primary N) is 1. The maximum atomic E-state index is 11.6. The summed E-state index contributed by atoms with van der Waals surface area (Å²) in [5, 5.41) is 3.37. The molecule has 0 aromatic carbocycles. The SMILES string of the molecule is COC(=O)c1cc(NC2CCC(C)(C)C2)ncc1N. The van der Waals surface area contributed by atoms with Gasteiger partial charge in [0.2, 0.25) is 0 Å². The van der Waals surface area contributed by atoms with Crippen LogP contribution < -0.4 is 11.1 Å². The van der Waals surface area contributed by atoms with Crippen LogP contribution in [-0.2, 0) is 4.74 Å². The molecule has 19 heavy (non-hydrogen) atoms. The number of carbonyl (C=O) groups is 1. The Bertz CT molecular complexity index is 486. The summed E-state index contributed by atoms with van der Waals surface area (Å²) in [5.41, 5.74) is 6.79. The Balaban J connectivity index is 2.12. The standard InChI is InChI=1S/C14H21N3O2/c1-14(2)5-4-9(7-14)17-12-6-10(13(18)19-3)11(15)8-16-12/h6,8-9H,4-5,7,15H2,1-3H3,(H,16,17). The molecule has 0 spiro atoms. The summed E-state index contributed by atoms with van der Waals surface area (Å²) in [7, 11) is 1.34. The van der Waals surface area contributed by atoms with Crippen LogP contribution in [0.15, 0.2) is 12.3 Å². The Kier molecular flexibility index (Phi) is 3.64. The zero-order valence-corrected chi connectivity index (χ0v) is 11.7. The van der Waals surface area contributed by atoms with Crippen LogP contribution in [0, 0.1) is 5.41 Å². The molecule has 1 aromatic heterocycles. The fourth-order valence-corrected chi connectivity index (χ4v) is 2.60. The predicted molar refractivity (Wildman–Crippen MR) is 75.0 cm³/mol. The molecule has 2 rings (SSSR count). The molecule has 1 saturated carbocycles. The number of pyridine rings is 1. The second-order valence-corrected chi connectivity index (χ2v) is 5.90. The minimum atomic E-state index is -0.435. The van der Waals surface area contributed by atoms with E-state index < -0.39 is 5.97 Å². The minimum Gasteiger partial charge on any atom is -0.465 e. The van der Waals surface area contributed by atoms with E-state index in [0.717, 1.165) is 12.8 Å². The lowest BCUT2D eigenvalue weighted by atomic mass is 9.92. The summed E-state index contributed by atoms with van der Waals surface area (Å²) < 4.78 is 4.70. The van der Waals surface area contributed by atoms with Crippen molar-refractivity contribution >= 4 is 17.5 Å². The van der Waals surface area contributed by atoms with E-state index in [9.17, 15) is 4.79 Å². The molecule has 1 aliphatic rings. The molecule has 104 valence electrons. The molecule has 0 radical (unpaired) electrons. The van der Waals surface area contributed by atoms with Crippen molar-refractivity contribution in [2.45, 2.75) is 39.2 Å². The number of nitrogen functional groups attached to an aromatic ring is 1. The lowest BCUT2D eigenvalue weighted by Crippen LogP contribution is -2.19. The zero-order chi connectivity index (χ0) is 14.0. The number of aromatic nitrogens is 1. The van der Waals surface area contributed by atoms with Gasteiger partial charge in [0.05, 0.1) is 24.6 Å². The van der Waals surface area contributed by atoms with E-state index in [1.165, 1.54) is 19.7 Å². The number of ether oxygens (including phenoxy) is 1. The first-order chi connectivity index (χ1) is 8.91. The van der Waals surface area contributed by atoms with Crippen molar-refractivity contribution in [2.24, 2.45) is 5.41 Å². The van der Waals surface area contributed by atoms with Gasteiger partial charge >= 0.3 is 5.97 Å². The van der Waals surface area contributed by atoms with E-state index in [0.29, 0.717) is 28.5 Å². The number of carbonyl (C=O) groups excluding carboxylic acids is 1. The first-order valence-electron chi connectivity index (χ1n) is 6.52. The van der Waals surface area contributed by atoms with Gasteiger partial charge in [-0.15, -0.1) is 0 Å². The maximum absolute atomic E-state index is 11.6. The first kappa shape index (κ1) is 13.6. The summed E-state index contributed by atoms with van der Waals surface area (Å²) in [5.74, 6) is 0.243. The smallest absolute Gasteiger partial charge is 0.340 e. The number of anilines is 2. The molecular formula is C14H21N3O2. The zero-order valence-electron chi connectivity index (χ0n) is 11.7. The van der Waals surface area contributed by atoms with E-state index in [4.69, 9.17) is 10.5 Å². The number of nitrogens with zero attached hydrogens (tertiary/aromatic N) is 1. The Hall–Kier alpha value is -1.78. The average molecular weight is 263 g/mol. The highest BCUT2D eigenvalue weighted by Gasteiger charge is 2.31. The van der Waals surface area contributed by atoms with Crippen molar-refractivity contribution in [2.75, 3.05) is 18.2 Å². The van der Waals surface area contributed by atoms with Crippen LogP contribution in [0.3, 0.4) is 0 Å². The van der Waals surface area contributed by atoms with Crippen molar-refractivity contribution in [1.82, 2.24) is 4.98 Å². The molecule has 1 unspecified atom stereocenters. The first-order valence-corrected chi connectivity index (χ1v) is 6.52. The molecule has 0 bridgehead atoms. The quantitative estimate of drug-likeness (QED) is 0.819. The Morgan fingerprint density at radius 3 is 2.89 bits per heavy atom. The molecule has 1 heterocycles. The summed E-state index contributed by atoms with van der Waals surface area (Å²) in [4.78, 5) is 15.8. The van der Waals surface area contributed by atoms with Crippen LogP contribution in [0.25, 0.3) is 0 Å². The van der Waals surface area contributed by atoms with Crippen molar-refractivity contribution in [3.63, 3.8) is 0 Å². The van der Waals surface area contributed by atoms with Gasteiger partial charge in [0, 0.05) is 6.04 Å². The normalized spacial score (nSPS) is 21.1. The predicted octanol–water partition coefficient (Wildman–Crippen LogP) is 2.44. The van der Waals surface area contributed by atoms with Crippen molar-refractivity contribution in [3.8, 4) is 0 Å². The second-order valence-electron chi connectivity index (χ2n) is 5.90. The van der Waals surface area contributed by atoms with Crippen LogP contribution in [0.5, 0.6) is 0 Å². The third-order valence-corrected chi connectivity index (χ3v) is 3.66. The van der Waals surface area contributed by atoms with Gasteiger partial charge in [0.25, 0.3) is 0 Å². The van der Waals surface area contributed by atoms with Crippen LogP contribution in [0.4, 0.5) is 11.5 Å². The van der Waals surface area contributed by atoms with Gasteiger partial charge in [-0.3, -0.25) is 0 Å². The van der Waals surface area contributed by atoms with Crippen LogP contribution >= 0.6 is 0 Å². The van der Waals surface area contributed by atoms with Crippen molar-refractivity contribution in [1.29, 1.82) is 0 Å². The number of hydrogen-bond acceptors (Lipinski definition) is 5. The molecule has 1 aromatic rings. The molecule has 1 fully saturated rings. The lowest BCUT2D eigenvalue weighted by molar-refractivity contribution is 0.0602. The molecule has 1 aliphatic carbocycles. The molecule has 3 N–H and O–H groups in total. The van der Waals surface area contributed by atoms with E-state index in [1.807, 2.05) is 0 Å². The monoisotopic (exact) mass is 263 g/mol. The second kappa shape index (κ2) is 5.07. The highest BCUT2D eigenvalue weighted by molar-refractivity contribution is 5.95. The third-order valence-electron chi connectivity index (χ3n) is 3.66. The van der Waals surface area contributed by atoms with Gasteiger partial charge in [0.1, 0.15) is 5.82 Å². The van der Waals surface area contributed by atoms with Crippen molar-refractivity contribution in [3.05, 3.63) is 17.8 Å². The van der Waals surface area contributed by atoms with Crippen molar-refractivity contribution < 1.29 is 9.53 Å². The summed E-state index contributed by atoms with van der Waals surface area (Å²) in [6, 6.07) is 2.06. The number of rotatable bonds is 3.